The molecule has 0 radical (unpaired) electrons. The van der Waals surface area contributed by atoms with E-state index in [2.05, 4.69) is 15.0 Å². The third-order valence-electron chi connectivity index (χ3n) is 3.15. The Balaban J connectivity index is -0.00000196. The smallest absolute Gasteiger partial charge is 0.809 e. The van der Waals surface area contributed by atoms with E-state index in [1.165, 1.54) is 10.9 Å². The van der Waals surface area contributed by atoms with E-state index in [0.29, 0.717) is 0 Å². The minimum atomic E-state index is -4.90. The fourth-order valence-corrected chi connectivity index (χ4v) is 2.86. The molecule has 2 rings (SSSR count). The summed E-state index contributed by atoms with van der Waals surface area (Å²) in [5.74, 6) is -0.849. The van der Waals surface area contributed by atoms with Gasteiger partial charge in [0.15, 0.2) is 11.2 Å². The molecule has 0 bridgehead atoms. The van der Waals surface area contributed by atoms with Gasteiger partial charge >= 0.3 is 118 Å². The largest absolute Gasteiger partial charge is 1.00 e. The number of fused-ring (bicyclic) bond motifs is 1. The predicted molar refractivity (Wildman–Crippen MR) is 82.9 cm³/mol. The summed E-state index contributed by atoms with van der Waals surface area (Å²) in [6, 6.07) is 0. The Bertz CT molecular complexity index is 921. The summed E-state index contributed by atoms with van der Waals surface area (Å²) in [5.41, 5.74) is 5.03. The van der Waals surface area contributed by atoms with Crippen LogP contribution in [0.2, 0.25) is 0 Å². The SMILES string of the molecule is Nc1nc2c(ncn2CC(COCP(=O)([O-])[O-])COCP(=O)([O-])[O-])c(=O)[nH]1.[Na+].[Na+].[Na+].[Na+]. The molecule has 0 aromatic carbocycles. The molecule has 0 spiro atoms. The van der Waals surface area contributed by atoms with Crippen molar-refractivity contribution in [1.82, 2.24) is 19.5 Å². The molecule has 0 saturated heterocycles. The Kier molecular flexibility index (Phi) is 20.7. The average Bonchev–Trinajstić information content (AvgIpc) is 2.87. The van der Waals surface area contributed by atoms with E-state index in [1.807, 2.05) is 0 Å². The zero-order valence-electron chi connectivity index (χ0n) is 17.7. The Morgan fingerprint density at radius 2 is 1.52 bits per heavy atom. The molecule has 0 fully saturated rings. The number of ether oxygens (including phenoxy) is 2. The molecule has 0 saturated carbocycles. The molecule has 0 unspecified atom stereocenters. The molecule has 31 heavy (non-hydrogen) atoms. The molecule has 2 heterocycles. The van der Waals surface area contributed by atoms with E-state index in [4.69, 9.17) is 15.2 Å². The van der Waals surface area contributed by atoms with Crippen LogP contribution in [0, 0.1) is 5.92 Å². The first-order valence-electron chi connectivity index (χ1n) is 7.33. The van der Waals surface area contributed by atoms with Crippen molar-refractivity contribution in [1.29, 1.82) is 0 Å². The average molecular weight is 515 g/mol. The molecule has 0 amide bonds. The molecular weight excluding hydrogens is 500 g/mol. The summed E-state index contributed by atoms with van der Waals surface area (Å²) < 4.78 is 32.3. The minimum absolute atomic E-state index is 0. The van der Waals surface area contributed by atoms with Gasteiger partial charge < -0.3 is 48.5 Å². The first-order valence-corrected chi connectivity index (χ1v) is 10.8. The molecule has 0 aliphatic heterocycles. The summed E-state index contributed by atoms with van der Waals surface area (Å²) in [5, 5.41) is 0. The molecule has 0 aliphatic rings. The molecule has 14 nitrogen and oxygen atoms in total. The van der Waals surface area contributed by atoms with Crippen molar-refractivity contribution < 1.29 is 156 Å². The van der Waals surface area contributed by atoms with Crippen molar-refractivity contribution >= 4 is 32.3 Å². The van der Waals surface area contributed by atoms with E-state index < -0.39 is 39.4 Å². The maximum Gasteiger partial charge on any atom is 1.00 e. The molecule has 2 aromatic heterocycles. The second-order valence-corrected chi connectivity index (χ2v) is 8.57. The molecule has 3 N–H and O–H groups in total. The van der Waals surface area contributed by atoms with Crippen molar-refractivity contribution in [3.63, 3.8) is 0 Å². The predicted octanol–water partition coefficient (Wildman–Crippen LogP) is -15.9. The van der Waals surface area contributed by atoms with Gasteiger partial charge in [-0.2, -0.15) is 4.98 Å². The number of anilines is 1. The number of H-pyrrole nitrogens is 1. The van der Waals surface area contributed by atoms with E-state index >= 15 is 0 Å². The second-order valence-electron chi connectivity index (χ2n) is 5.61. The number of hydrogen-bond donors (Lipinski definition) is 2. The van der Waals surface area contributed by atoms with Crippen LogP contribution < -0.4 is 149 Å². The molecule has 0 atom stereocenters. The fraction of sp³-hybridized carbons (Fsp3) is 0.545. The van der Waals surface area contributed by atoms with Crippen LogP contribution in [0.3, 0.4) is 0 Å². The van der Waals surface area contributed by atoms with Crippen molar-refractivity contribution in [3.8, 4) is 0 Å². The Hall–Kier alpha value is 2.37. The number of hydrogen-bond acceptors (Lipinski definition) is 12. The maximum absolute atomic E-state index is 11.8. The quantitative estimate of drug-likeness (QED) is 0.222. The van der Waals surface area contributed by atoms with Gasteiger partial charge in [-0.05, 0) is 15.2 Å². The standard InChI is InChI=1S/C11H19N5O9P2.4Na/c12-11-14-9-8(10(17)15-11)13-4-16(9)1-7(2-24-5-26(18,19)20)3-25-6-27(21,22)23;;;;/h4,7H,1-3,5-6H2,(H2,18,19,20)(H2,21,22,23)(H3,12,14,15,17);;;;/q;4*+1/p-4. The van der Waals surface area contributed by atoms with E-state index in [1.54, 1.807) is 0 Å². The number of nitrogens with two attached hydrogens (primary N) is 1. The summed E-state index contributed by atoms with van der Waals surface area (Å²) in [7, 11) is -9.80. The van der Waals surface area contributed by atoms with Crippen LogP contribution >= 0.6 is 15.2 Å². The van der Waals surface area contributed by atoms with Gasteiger partial charge in [0, 0.05) is 12.5 Å². The number of rotatable bonds is 10. The summed E-state index contributed by atoms with van der Waals surface area (Å²) in [4.78, 5) is 64.4. The molecule has 152 valence electrons. The van der Waals surface area contributed by atoms with Crippen molar-refractivity contribution in [2.45, 2.75) is 6.54 Å². The van der Waals surface area contributed by atoms with Gasteiger partial charge in [-0.15, -0.1) is 0 Å². The molecule has 20 heteroatoms. The van der Waals surface area contributed by atoms with Crippen LogP contribution in [0.1, 0.15) is 0 Å². The van der Waals surface area contributed by atoms with Crippen molar-refractivity contribution in [2.24, 2.45) is 5.92 Å². The maximum atomic E-state index is 11.8. The van der Waals surface area contributed by atoms with Crippen molar-refractivity contribution in [3.05, 3.63) is 16.7 Å². The number of nitrogens with one attached hydrogen (secondary N) is 1. The Morgan fingerprint density at radius 1 is 1.03 bits per heavy atom. The number of aromatic nitrogens is 4. The number of aromatic amines is 1. The first kappa shape index (κ1) is 37.9. The zero-order chi connectivity index (χ0) is 20.2. The van der Waals surface area contributed by atoms with Crippen molar-refractivity contribution in [2.75, 3.05) is 31.6 Å². The van der Waals surface area contributed by atoms with Crippen LogP contribution in [0.4, 0.5) is 5.95 Å². The van der Waals surface area contributed by atoms with E-state index in [0.717, 1.165) is 0 Å². The molecule has 2 aromatic rings. The van der Waals surface area contributed by atoms with Gasteiger partial charge in [0.2, 0.25) is 5.95 Å². The van der Waals surface area contributed by atoms with Gasteiger partial charge in [-0.1, -0.05) is 0 Å². The second kappa shape index (κ2) is 16.9. The molecule has 0 aliphatic carbocycles. The number of nitrogens with zero attached hydrogens (tertiary/aromatic N) is 3. The topological polar surface area (TPSA) is 234 Å². The van der Waals surface area contributed by atoms with Crippen LogP contribution in [0.25, 0.3) is 11.2 Å². The summed E-state index contributed by atoms with van der Waals surface area (Å²) >= 11 is 0. The number of imidazole rings is 1. The van der Waals surface area contributed by atoms with Crippen LogP contribution in [-0.2, 0) is 25.1 Å². The molecular formula is C11H15N5Na4O9P2. The monoisotopic (exact) mass is 515 g/mol. The van der Waals surface area contributed by atoms with Gasteiger partial charge in [-0.3, -0.25) is 9.78 Å². The summed E-state index contributed by atoms with van der Waals surface area (Å²) in [6.45, 7) is -0.625. The van der Waals surface area contributed by atoms with Crippen LogP contribution in [0.15, 0.2) is 11.1 Å². The van der Waals surface area contributed by atoms with Gasteiger partial charge in [0.05, 0.1) is 32.2 Å². The Morgan fingerprint density at radius 3 is 1.97 bits per heavy atom. The summed E-state index contributed by atoms with van der Waals surface area (Å²) in [6.07, 6.45) is -0.876. The van der Waals surface area contributed by atoms with Gasteiger partial charge in [0.1, 0.15) is 0 Å². The third kappa shape index (κ3) is 14.5. The van der Waals surface area contributed by atoms with E-state index in [9.17, 15) is 33.5 Å². The van der Waals surface area contributed by atoms with E-state index in [-0.39, 0.29) is 155 Å². The first-order chi connectivity index (χ1) is 12.4. The van der Waals surface area contributed by atoms with Crippen LogP contribution in [0.5, 0.6) is 0 Å². The normalized spacial score (nSPS) is 11.3. The third-order valence-corrected chi connectivity index (χ3v) is 4.15. The van der Waals surface area contributed by atoms with Gasteiger partial charge in [0.25, 0.3) is 5.56 Å². The Labute approximate surface area is 265 Å². The minimum Gasteiger partial charge on any atom is -0.809 e. The zero-order valence-corrected chi connectivity index (χ0v) is 27.5. The fourth-order valence-electron chi connectivity index (χ4n) is 2.20. The number of nitrogen functional groups attached to an aromatic ring is 1. The van der Waals surface area contributed by atoms with Crippen LogP contribution in [-0.4, -0.2) is 45.4 Å². The van der Waals surface area contributed by atoms with Gasteiger partial charge in [-0.25, -0.2) is 4.98 Å².